The van der Waals surface area contributed by atoms with Crippen molar-refractivity contribution in [1.29, 1.82) is 0 Å². The lowest BCUT2D eigenvalue weighted by Crippen LogP contribution is -2.00. The monoisotopic (exact) mass is 478 g/mol. The minimum atomic E-state index is -0.0938. The molecule has 0 unspecified atom stereocenters. The smallest absolute Gasteiger partial charge is 0.185 e. The van der Waals surface area contributed by atoms with Gasteiger partial charge in [-0.15, -0.1) is 0 Å². The zero-order chi connectivity index (χ0) is 23.2. The van der Waals surface area contributed by atoms with E-state index in [0.717, 1.165) is 16.8 Å². The van der Waals surface area contributed by atoms with E-state index in [0.29, 0.717) is 27.1 Å². The summed E-state index contributed by atoms with van der Waals surface area (Å²) in [5, 5.41) is 0.865. The van der Waals surface area contributed by atoms with Gasteiger partial charge in [-0.05, 0) is 60.2 Å². The zero-order valence-electron chi connectivity index (χ0n) is 17.7. The molecular weight excluding hydrogens is 459 g/mol. The van der Waals surface area contributed by atoms with Crippen molar-refractivity contribution < 1.29 is 14.3 Å². The van der Waals surface area contributed by atoms with Crippen LogP contribution >= 0.6 is 23.2 Å². The number of hydrogen-bond donors (Lipinski definition) is 0. The number of para-hydroxylation sites is 1. The Kier molecular flexibility index (Phi) is 7.13. The van der Waals surface area contributed by atoms with E-state index in [1.807, 2.05) is 41.1 Å². The lowest BCUT2D eigenvalue weighted by atomic mass is 10.1. The molecular formula is C26H20Cl2N2O3. The van der Waals surface area contributed by atoms with Crippen molar-refractivity contribution in [2.75, 3.05) is 7.11 Å². The van der Waals surface area contributed by atoms with E-state index < -0.39 is 0 Å². The van der Waals surface area contributed by atoms with E-state index >= 15 is 0 Å². The van der Waals surface area contributed by atoms with Gasteiger partial charge in [-0.25, -0.2) is 4.98 Å². The molecule has 0 fully saturated rings. The number of carbonyl (C=O) groups is 1. The van der Waals surface area contributed by atoms with Gasteiger partial charge in [0, 0.05) is 29.2 Å². The third-order valence-electron chi connectivity index (χ3n) is 4.98. The maximum Gasteiger partial charge on any atom is 0.185 e. The van der Waals surface area contributed by atoms with Gasteiger partial charge in [0.1, 0.15) is 12.4 Å². The maximum absolute atomic E-state index is 12.6. The highest BCUT2D eigenvalue weighted by molar-refractivity contribution is 6.37. The van der Waals surface area contributed by atoms with E-state index in [1.165, 1.54) is 0 Å². The molecule has 1 heterocycles. The van der Waals surface area contributed by atoms with Gasteiger partial charge in [-0.1, -0.05) is 41.4 Å². The molecule has 166 valence electrons. The number of allylic oxidation sites excluding steroid dienone is 1. The Balaban J connectivity index is 1.48. The zero-order valence-corrected chi connectivity index (χ0v) is 19.3. The van der Waals surface area contributed by atoms with Gasteiger partial charge in [0.15, 0.2) is 11.5 Å². The quantitative estimate of drug-likeness (QED) is 0.209. The predicted molar refractivity (Wildman–Crippen MR) is 131 cm³/mol. The van der Waals surface area contributed by atoms with Crippen LogP contribution in [0.4, 0.5) is 0 Å². The molecule has 0 amide bonds. The molecule has 0 N–H and O–H groups in total. The van der Waals surface area contributed by atoms with Crippen molar-refractivity contribution >= 4 is 35.1 Å². The first kappa shape index (κ1) is 22.6. The lowest BCUT2D eigenvalue weighted by Gasteiger charge is -2.13. The van der Waals surface area contributed by atoms with Gasteiger partial charge in [0.05, 0.1) is 23.5 Å². The van der Waals surface area contributed by atoms with Crippen molar-refractivity contribution in [2.45, 2.75) is 6.61 Å². The van der Waals surface area contributed by atoms with Crippen LogP contribution in [0.15, 0.2) is 85.5 Å². The molecule has 4 rings (SSSR count). The average molecular weight is 479 g/mol. The second-order valence-electron chi connectivity index (χ2n) is 7.13. The van der Waals surface area contributed by atoms with Crippen LogP contribution in [0.25, 0.3) is 11.8 Å². The Morgan fingerprint density at radius 2 is 1.82 bits per heavy atom. The van der Waals surface area contributed by atoms with Gasteiger partial charge in [-0.3, -0.25) is 4.79 Å². The number of ether oxygens (including phenoxy) is 2. The van der Waals surface area contributed by atoms with Gasteiger partial charge in [0.25, 0.3) is 0 Å². The molecule has 7 heteroatoms. The molecule has 0 spiro atoms. The number of aromatic nitrogens is 2. The summed E-state index contributed by atoms with van der Waals surface area (Å²) in [5.41, 5.74) is 3.17. The number of benzene rings is 3. The topological polar surface area (TPSA) is 53.4 Å². The van der Waals surface area contributed by atoms with Crippen LogP contribution < -0.4 is 9.47 Å². The van der Waals surface area contributed by atoms with Crippen molar-refractivity contribution in [3.8, 4) is 17.2 Å². The number of rotatable bonds is 8. The van der Waals surface area contributed by atoms with Gasteiger partial charge < -0.3 is 14.0 Å². The van der Waals surface area contributed by atoms with Crippen molar-refractivity contribution in [1.82, 2.24) is 9.55 Å². The first-order valence-electron chi connectivity index (χ1n) is 10.1. The molecule has 5 nitrogen and oxygen atoms in total. The third-order valence-corrected chi connectivity index (χ3v) is 5.57. The van der Waals surface area contributed by atoms with Gasteiger partial charge in [-0.2, -0.15) is 0 Å². The molecule has 0 atom stereocenters. The minimum absolute atomic E-state index is 0.0938. The van der Waals surface area contributed by atoms with Crippen LogP contribution in [0.5, 0.6) is 11.5 Å². The van der Waals surface area contributed by atoms with Crippen LogP contribution in [-0.2, 0) is 6.61 Å². The Morgan fingerprint density at radius 3 is 2.48 bits per heavy atom. The maximum atomic E-state index is 12.6. The number of nitrogens with zero attached hydrogens (tertiary/aromatic N) is 2. The van der Waals surface area contributed by atoms with Crippen LogP contribution in [0.2, 0.25) is 10.0 Å². The fourth-order valence-electron chi connectivity index (χ4n) is 3.26. The first-order chi connectivity index (χ1) is 16.0. The number of hydrogen-bond acceptors (Lipinski definition) is 4. The number of imidazole rings is 1. The Morgan fingerprint density at radius 1 is 1.06 bits per heavy atom. The van der Waals surface area contributed by atoms with Crippen molar-refractivity contribution in [3.63, 3.8) is 0 Å². The standard InChI is InChI=1S/C26H20Cl2N2O3/c1-32-25-12-6-18(15-20(25)16-33-26-22(27)3-2-4-23(26)28)5-11-24(31)19-7-9-21(10-8-19)30-14-13-29-17-30/h2-15,17H,16H2,1H3/b11-5+. The number of halogens is 2. The second kappa shape index (κ2) is 10.4. The lowest BCUT2D eigenvalue weighted by molar-refractivity contribution is 0.104. The number of methoxy groups -OCH3 is 1. The second-order valence-corrected chi connectivity index (χ2v) is 7.94. The van der Waals surface area contributed by atoms with E-state index in [4.69, 9.17) is 32.7 Å². The molecule has 0 aliphatic heterocycles. The summed E-state index contributed by atoms with van der Waals surface area (Å²) in [6.07, 6.45) is 8.57. The summed E-state index contributed by atoms with van der Waals surface area (Å²) in [6.45, 7) is 0.206. The highest BCUT2D eigenvalue weighted by Crippen LogP contribution is 2.33. The Labute approximate surface area is 201 Å². The highest BCUT2D eigenvalue weighted by atomic mass is 35.5. The predicted octanol–water partition coefficient (Wildman–Crippen LogP) is 6.66. The summed E-state index contributed by atoms with van der Waals surface area (Å²) in [4.78, 5) is 16.7. The summed E-state index contributed by atoms with van der Waals surface area (Å²) in [7, 11) is 1.59. The van der Waals surface area contributed by atoms with Crippen LogP contribution in [0, 0.1) is 0 Å². The Hall–Kier alpha value is -3.54. The first-order valence-corrected chi connectivity index (χ1v) is 10.9. The molecule has 4 aromatic rings. The minimum Gasteiger partial charge on any atom is -0.496 e. The fraction of sp³-hybridized carbons (Fsp3) is 0.0769. The summed E-state index contributed by atoms with van der Waals surface area (Å²) >= 11 is 12.4. The number of carbonyl (C=O) groups excluding carboxylic acids is 1. The molecule has 0 saturated carbocycles. The third kappa shape index (κ3) is 5.45. The van der Waals surface area contributed by atoms with Crippen LogP contribution in [-0.4, -0.2) is 22.4 Å². The van der Waals surface area contributed by atoms with Crippen LogP contribution in [0.1, 0.15) is 21.5 Å². The summed E-state index contributed by atoms with van der Waals surface area (Å²) < 4.78 is 13.2. The molecule has 0 radical (unpaired) electrons. The van der Waals surface area contributed by atoms with Crippen molar-refractivity contribution in [2.24, 2.45) is 0 Å². The highest BCUT2D eigenvalue weighted by Gasteiger charge is 2.10. The normalized spacial score (nSPS) is 11.0. The van der Waals surface area contributed by atoms with Gasteiger partial charge >= 0.3 is 0 Å². The molecule has 1 aromatic heterocycles. The average Bonchev–Trinajstić information content (AvgIpc) is 3.37. The molecule has 0 bridgehead atoms. The molecule has 3 aromatic carbocycles. The van der Waals surface area contributed by atoms with Crippen molar-refractivity contribution in [3.05, 3.63) is 112 Å². The molecule has 0 aliphatic rings. The molecule has 0 aliphatic carbocycles. The summed E-state index contributed by atoms with van der Waals surface area (Å²) in [6, 6.07) is 18.1. The summed E-state index contributed by atoms with van der Waals surface area (Å²) in [5.74, 6) is 0.985. The molecule has 33 heavy (non-hydrogen) atoms. The largest absolute Gasteiger partial charge is 0.496 e. The van der Waals surface area contributed by atoms with Crippen LogP contribution in [0.3, 0.4) is 0 Å². The Bertz CT molecular complexity index is 1260. The van der Waals surface area contributed by atoms with Gasteiger partial charge in [0.2, 0.25) is 0 Å². The SMILES string of the molecule is COc1ccc(/C=C/C(=O)c2ccc(-n3ccnc3)cc2)cc1COc1c(Cl)cccc1Cl. The van der Waals surface area contributed by atoms with E-state index in [2.05, 4.69) is 4.98 Å². The van der Waals surface area contributed by atoms with E-state index in [-0.39, 0.29) is 12.4 Å². The fourth-order valence-corrected chi connectivity index (χ4v) is 3.77. The number of ketones is 1. The van der Waals surface area contributed by atoms with E-state index in [9.17, 15) is 4.79 Å². The van der Waals surface area contributed by atoms with E-state index in [1.54, 1.807) is 62.1 Å². The molecule has 0 saturated heterocycles.